The van der Waals surface area contributed by atoms with Gasteiger partial charge in [-0.25, -0.2) is 4.98 Å². The molecular formula is C24H22N6O4S. The molecule has 3 heterocycles. The summed E-state index contributed by atoms with van der Waals surface area (Å²) in [5.41, 5.74) is 14.7. The van der Waals surface area contributed by atoms with Crippen molar-refractivity contribution >= 4 is 39.0 Å². The molecule has 0 radical (unpaired) electrons. The molecule has 0 saturated heterocycles. The number of amides is 1. The number of hydrogen-bond acceptors (Lipinski definition) is 10. The molecule has 0 fully saturated rings. The van der Waals surface area contributed by atoms with E-state index in [9.17, 15) is 10.1 Å². The van der Waals surface area contributed by atoms with Crippen molar-refractivity contribution in [3.05, 3.63) is 52.7 Å². The van der Waals surface area contributed by atoms with Crippen molar-refractivity contribution in [3.63, 3.8) is 0 Å². The highest BCUT2D eigenvalue weighted by molar-refractivity contribution is 7.21. The van der Waals surface area contributed by atoms with Gasteiger partial charge in [0.25, 0.3) is 5.91 Å². The molecular weight excluding hydrogens is 468 g/mol. The SMILES string of the molecule is COc1cc(-c2c(C#N)c(N)nc3sc(C(=O)NCc4cccnc4)c(N)c23)cc(OC)c1OC. The number of thiophene rings is 1. The van der Waals surface area contributed by atoms with Gasteiger partial charge < -0.3 is 31.0 Å². The van der Waals surface area contributed by atoms with Gasteiger partial charge in [-0.3, -0.25) is 9.78 Å². The first kappa shape index (κ1) is 23.6. The lowest BCUT2D eigenvalue weighted by Gasteiger charge is -2.16. The summed E-state index contributed by atoms with van der Waals surface area (Å²) in [5, 5.41) is 13.2. The van der Waals surface area contributed by atoms with Gasteiger partial charge in [0.05, 0.1) is 27.0 Å². The number of ether oxygens (including phenoxy) is 3. The predicted octanol–water partition coefficient (Wildman–Crippen LogP) is 3.35. The monoisotopic (exact) mass is 490 g/mol. The minimum absolute atomic E-state index is 0.0207. The van der Waals surface area contributed by atoms with Gasteiger partial charge >= 0.3 is 0 Å². The van der Waals surface area contributed by atoms with Crippen molar-refractivity contribution < 1.29 is 19.0 Å². The number of hydrogen-bond donors (Lipinski definition) is 3. The van der Waals surface area contributed by atoms with Crippen LogP contribution in [0.1, 0.15) is 20.8 Å². The molecule has 178 valence electrons. The smallest absolute Gasteiger partial charge is 0.263 e. The summed E-state index contributed by atoms with van der Waals surface area (Å²) in [4.78, 5) is 22.1. The van der Waals surface area contributed by atoms with Crippen LogP contribution >= 0.6 is 11.3 Å². The molecule has 5 N–H and O–H groups in total. The fraction of sp³-hybridized carbons (Fsp3) is 0.167. The van der Waals surface area contributed by atoms with Crippen LogP contribution in [0.15, 0.2) is 36.7 Å². The first-order chi connectivity index (χ1) is 16.9. The first-order valence-electron chi connectivity index (χ1n) is 10.3. The Morgan fingerprint density at radius 1 is 1.17 bits per heavy atom. The zero-order valence-corrected chi connectivity index (χ0v) is 20.0. The van der Waals surface area contributed by atoms with E-state index in [-0.39, 0.29) is 34.4 Å². The fourth-order valence-corrected chi connectivity index (χ4v) is 4.76. The predicted molar refractivity (Wildman–Crippen MR) is 134 cm³/mol. The molecule has 0 aliphatic carbocycles. The van der Waals surface area contributed by atoms with Crippen LogP contribution in [-0.2, 0) is 6.54 Å². The number of benzene rings is 1. The summed E-state index contributed by atoms with van der Waals surface area (Å²) < 4.78 is 16.4. The Bertz CT molecular complexity index is 1440. The van der Waals surface area contributed by atoms with Gasteiger partial charge in [0, 0.05) is 29.9 Å². The molecule has 4 aromatic rings. The van der Waals surface area contributed by atoms with Gasteiger partial charge in [0.2, 0.25) is 5.75 Å². The molecule has 0 aliphatic heterocycles. The normalized spacial score (nSPS) is 10.6. The van der Waals surface area contributed by atoms with Gasteiger partial charge in [0.15, 0.2) is 11.5 Å². The molecule has 0 atom stereocenters. The van der Waals surface area contributed by atoms with Crippen LogP contribution in [0.5, 0.6) is 17.2 Å². The Labute approximate surface area is 205 Å². The molecule has 10 nitrogen and oxygen atoms in total. The Morgan fingerprint density at radius 2 is 1.89 bits per heavy atom. The Hall–Kier alpha value is -4.56. The number of nitrogen functional groups attached to an aromatic ring is 2. The molecule has 3 aromatic heterocycles. The maximum Gasteiger partial charge on any atom is 0.263 e. The third kappa shape index (κ3) is 4.22. The average Bonchev–Trinajstić information content (AvgIpc) is 3.21. The van der Waals surface area contributed by atoms with Crippen molar-refractivity contribution in [2.45, 2.75) is 6.54 Å². The van der Waals surface area contributed by atoms with Crippen molar-refractivity contribution in [2.24, 2.45) is 0 Å². The van der Waals surface area contributed by atoms with Crippen LogP contribution in [0.4, 0.5) is 11.5 Å². The second-order valence-electron chi connectivity index (χ2n) is 7.34. The number of nitriles is 1. The zero-order chi connectivity index (χ0) is 25.1. The van der Waals surface area contributed by atoms with Crippen molar-refractivity contribution in [1.29, 1.82) is 5.26 Å². The fourth-order valence-electron chi connectivity index (χ4n) is 3.73. The van der Waals surface area contributed by atoms with Gasteiger partial charge in [-0.2, -0.15) is 5.26 Å². The van der Waals surface area contributed by atoms with Gasteiger partial charge in [-0.1, -0.05) is 6.07 Å². The molecule has 4 rings (SSSR count). The summed E-state index contributed by atoms with van der Waals surface area (Å²) in [6, 6.07) is 9.13. The molecule has 1 aromatic carbocycles. The van der Waals surface area contributed by atoms with E-state index in [1.807, 2.05) is 6.07 Å². The summed E-state index contributed by atoms with van der Waals surface area (Å²) in [5.74, 6) is 0.814. The number of carbonyl (C=O) groups excluding carboxylic acids is 1. The summed E-state index contributed by atoms with van der Waals surface area (Å²) in [7, 11) is 4.48. The Morgan fingerprint density at radius 3 is 2.46 bits per heavy atom. The molecule has 0 aliphatic rings. The van der Waals surface area contributed by atoms with Crippen LogP contribution < -0.4 is 31.0 Å². The largest absolute Gasteiger partial charge is 0.493 e. The lowest BCUT2D eigenvalue weighted by Crippen LogP contribution is -2.22. The van der Waals surface area contributed by atoms with Crippen LogP contribution in [0.2, 0.25) is 0 Å². The summed E-state index contributed by atoms with van der Waals surface area (Å²) in [6.07, 6.45) is 3.32. The van der Waals surface area contributed by atoms with Crippen LogP contribution in [0.3, 0.4) is 0 Å². The number of methoxy groups -OCH3 is 3. The topological polar surface area (TPSA) is 158 Å². The van der Waals surface area contributed by atoms with Gasteiger partial charge in [-0.15, -0.1) is 11.3 Å². The second-order valence-corrected chi connectivity index (χ2v) is 8.34. The van der Waals surface area contributed by atoms with E-state index in [4.69, 9.17) is 25.7 Å². The highest BCUT2D eigenvalue weighted by Gasteiger charge is 2.26. The van der Waals surface area contributed by atoms with Crippen molar-refractivity contribution in [3.8, 4) is 34.4 Å². The van der Waals surface area contributed by atoms with E-state index in [1.54, 1.807) is 30.6 Å². The minimum Gasteiger partial charge on any atom is -0.493 e. The van der Waals surface area contributed by atoms with E-state index < -0.39 is 0 Å². The van der Waals surface area contributed by atoms with Crippen LogP contribution in [0.25, 0.3) is 21.3 Å². The summed E-state index contributed by atoms with van der Waals surface area (Å²) >= 11 is 1.10. The molecule has 35 heavy (non-hydrogen) atoms. The van der Waals surface area contributed by atoms with E-state index >= 15 is 0 Å². The number of pyridine rings is 2. The van der Waals surface area contributed by atoms with E-state index in [0.29, 0.717) is 38.6 Å². The van der Waals surface area contributed by atoms with Crippen molar-refractivity contribution in [2.75, 3.05) is 32.8 Å². The average molecular weight is 491 g/mol. The van der Waals surface area contributed by atoms with Gasteiger partial charge in [-0.05, 0) is 29.3 Å². The van der Waals surface area contributed by atoms with Crippen LogP contribution in [-0.4, -0.2) is 37.2 Å². The van der Waals surface area contributed by atoms with E-state index in [1.165, 1.54) is 21.3 Å². The highest BCUT2D eigenvalue weighted by atomic mass is 32.1. The number of nitrogens with one attached hydrogen (secondary N) is 1. The second kappa shape index (κ2) is 9.74. The van der Waals surface area contributed by atoms with E-state index in [2.05, 4.69) is 21.4 Å². The third-order valence-corrected chi connectivity index (χ3v) is 6.45. The highest BCUT2D eigenvalue weighted by Crippen LogP contribution is 2.47. The molecule has 11 heteroatoms. The Balaban J connectivity index is 1.89. The number of fused-ring (bicyclic) bond motifs is 1. The Kier molecular flexibility index (Phi) is 6.57. The van der Waals surface area contributed by atoms with Crippen molar-refractivity contribution in [1.82, 2.24) is 15.3 Å². The number of rotatable bonds is 7. The first-order valence-corrected chi connectivity index (χ1v) is 11.1. The summed E-state index contributed by atoms with van der Waals surface area (Å²) in [6.45, 7) is 0.277. The number of aromatic nitrogens is 2. The molecule has 1 amide bonds. The van der Waals surface area contributed by atoms with E-state index in [0.717, 1.165) is 16.9 Å². The third-order valence-electron chi connectivity index (χ3n) is 5.35. The lowest BCUT2D eigenvalue weighted by atomic mass is 9.96. The molecule has 0 spiro atoms. The maximum atomic E-state index is 13.0. The number of nitrogens with zero attached hydrogens (tertiary/aromatic N) is 3. The number of anilines is 2. The molecule has 0 unspecified atom stereocenters. The number of nitrogens with two attached hydrogens (primary N) is 2. The van der Waals surface area contributed by atoms with Crippen LogP contribution in [0, 0.1) is 11.3 Å². The zero-order valence-electron chi connectivity index (χ0n) is 19.2. The minimum atomic E-state index is -0.373. The van der Waals surface area contributed by atoms with Gasteiger partial charge in [0.1, 0.15) is 27.2 Å². The standard InChI is InChI=1S/C24H22N6O4S/c1-32-15-7-13(8-16(33-2)20(15)34-3)17-14(9-25)22(27)30-24-18(17)19(26)21(35-24)23(31)29-11-12-5-4-6-28-10-12/h4-8,10H,11,26H2,1-3H3,(H2,27,30)(H,29,31). The molecule has 0 saturated carbocycles. The number of carbonyl (C=O) groups is 1. The maximum absolute atomic E-state index is 13.0. The molecule has 0 bridgehead atoms. The lowest BCUT2D eigenvalue weighted by molar-refractivity contribution is 0.0956. The quantitative estimate of drug-likeness (QED) is 0.353.